The molecule has 2 aliphatic carbocycles. The zero-order valence-corrected chi connectivity index (χ0v) is 19.6. The van der Waals surface area contributed by atoms with Gasteiger partial charge in [0.05, 0.1) is 20.0 Å². The molecule has 3 atom stereocenters. The summed E-state index contributed by atoms with van der Waals surface area (Å²) >= 11 is 0. The van der Waals surface area contributed by atoms with E-state index in [0.29, 0.717) is 24.4 Å². The van der Waals surface area contributed by atoms with Crippen LogP contribution >= 0.6 is 0 Å². The van der Waals surface area contributed by atoms with Crippen molar-refractivity contribution >= 4 is 0 Å². The van der Waals surface area contributed by atoms with Crippen molar-refractivity contribution in [2.45, 2.75) is 71.3 Å². The fraction of sp³-hybridized carbons (Fsp3) is 0.692. The van der Waals surface area contributed by atoms with Crippen molar-refractivity contribution in [3.05, 3.63) is 35.3 Å². The van der Waals surface area contributed by atoms with Crippen molar-refractivity contribution in [2.75, 3.05) is 33.9 Å². The number of ether oxygens (including phenoxy) is 2. The zero-order valence-electron chi connectivity index (χ0n) is 19.6. The first-order chi connectivity index (χ1) is 14.6. The van der Waals surface area contributed by atoms with Gasteiger partial charge in [-0.05, 0) is 56.1 Å². The lowest BCUT2D eigenvalue weighted by Gasteiger charge is -2.36. The van der Waals surface area contributed by atoms with Gasteiger partial charge >= 0.3 is 0 Å². The van der Waals surface area contributed by atoms with E-state index in [0.717, 1.165) is 63.1 Å². The van der Waals surface area contributed by atoms with Gasteiger partial charge in [0.2, 0.25) is 0 Å². The molecule has 0 saturated carbocycles. The predicted octanol–water partition coefficient (Wildman–Crippen LogP) is 5.03. The number of hydrogen-bond acceptors (Lipinski definition) is 4. The van der Waals surface area contributed by atoms with E-state index in [1.807, 2.05) is 0 Å². The Morgan fingerprint density at radius 3 is 2.77 bits per heavy atom. The number of nitrogens with two attached hydrogens (primary N) is 1. The van der Waals surface area contributed by atoms with Crippen LogP contribution in [0.1, 0.15) is 65.2 Å². The van der Waals surface area contributed by atoms with Gasteiger partial charge in [-0.2, -0.15) is 0 Å². The SMILES string of the molecule is COC1=CC(OC)=C(CN(CC(C)CN)C2CC/C=C\CC#CCC(C)C2)CCC1. The Bertz CT molecular complexity index is 668. The van der Waals surface area contributed by atoms with E-state index in [9.17, 15) is 0 Å². The number of nitrogens with zero attached hydrogens (tertiary/aromatic N) is 1. The van der Waals surface area contributed by atoms with E-state index in [4.69, 9.17) is 15.2 Å². The molecule has 0 aromatic rings. The molecule has 2 N–H and O–H groups in total. The molecule has 0 amide bonds. The lowest BCUT2D eigenvalue weighted by atomic mass is 9.93. The van der Waals surface area contributed by atoms with E-state index in [2.05, 4.69) is 48.8 Å². The van der Waals surface area contributed by atoms with Crippen molar-refractivity contribution in [1.29, 1.82) is 0 Å². The monoisotopic (exact) mass is 414 g/mol. The Kier molecular flexibility index (Phi) is 11.1. The molecule has 0 aromatic heterocycles. The molecule has 0 heterocycles. The van der Waals surface area contributed by atoms with Gasteiger partial charge in [-0.25, -0.2) is 0 Å². The summed E-state index contributed by atoms with van der Waals surface area (Å²) in [6.45, 7) is 7.28. The van der Waals surface area contributed by atoms with Crippen molar-refractivity contribution in [3.63, 3.8) is 0 Å². The van der Waals surface area contributed by atoms with Gasteiger partial charge in [0.15, 0.2) is 0 Å². The van der Waals surface area contributed by atoms with E-state index in [1.54, 1.807) is 14.2 Å². The van der Waals surface area contributed by atoms with Gasteiger partial charge in [0, 0.05) is 44.5 Å². The third kappa shape index (κ3) is 8.20. The summed E-state index contributed by atoms with van der Waals surface area (Å²) in [5.41, 5.74) is 7.41. The molecule has 0 saturated heterocycles. The van der Waals surface area contributed by atoms with E-state index < -0.39 is 0 Å². The highest BCUT2D eigenvalue weighted by Gasteiger charge is 2.25. The van der Waals surface area contributed by atoms with E-state index in [1.165, 1.54) is 18.4 Å². The van der Waals surface area contributed by atoms with E-state index in [-0.39, 0.29) is 0 Å². The standard InChI is InChI=1S/C26H42N2O2/c1-21-12-9-7-5-6-8-10-14-24(16-21)28(19-22(2)18-27)20-23-13-11-15-25(29-3)17-26(23)30-4/h6,8,17,21-22,24H,5,10-16,18-20,27H2,1-4H3/b8-6-. The second-order valence-electron chi connectivity index (χ2n) is 8.92. The van der Waals surface area contributed by atoms with Crippen LogP contribution in [0.25, 0.3) is 0 Å². The molecule has 4 heteroatoms. The summed E-state index contributed by atoms with van der Waals surface area (Å²) in [6, 6.07) is 0.526. The van der Waals surface area contributed by atoms with Gasteiger partial charge in [0.1, 0.15) is 5.76 Å². The van der Waals surface area contributed by atoms with Crippen LogP contribution in [0.3, 0.4) is 0 Å². The summed E-state index contributed by atoms with van der Waals surface area (Å²) in [5.74, 6) is 9.71. The minimum atomic E-state index is 0.469. The first kappa shape index (κ1) is 24.6. The molecule has 4 nitrogen and oxygen atoms in total. The maximum absolute atomic E-state index is 6.03. The van der Waals surface area contributed by atoms with Crippen LogP contribution in [0, 0.1) is 23.7 Å². The van der Waals surface area contributed by atoms with Crippen molar-refractivity contribution in [3.8, 4) is 11.8 Å². The van der Waals surface area contributed by atoms with Crippen LogP contribution in [0.2, 0.25) is 0 Å². The molecule has 30 heavy (non-hydrogen) atoms. The average molecular weight is 415 g/mol. The van der Waals surface area contributed by atoms with Crippen LogP contribution in [-0.4, -0.2) is 44.8 Å². The zero-order chi connectivity index (χ0) is 21.8. The smallest absolute Gasteiger partial charge is 0.122 e. The summed E-state index contributed by atoms with van der Waals surface area (Å²) in [6.07, 6.45) is 15.1. The molecule has 0 radical (unpaired) electrons. The second kappa shape index (κ2) is 13.6. The molecule has 0 aliphatic heterocycles. The molecule has 2 rings (SSSR count). The van der Waals surface area contributed by atoms with Gasteiger partial charge < -0.3 is 15.2 Å². The number of allylic oxidation sites excluding steroid dienone is 4. The van der Waals surface area contributed by atoms with Crippen LogP contribution in [0.5, 0.6) is 0 Å². The molecule has 0 spiro atoms. The van der Waals surface area contributed by atoms with Gasteiger partial charge in [-0.3, -0.25) is 4.90 Å². The highest BCUT2D eigenvalue weighted by atomic mass is 16.5. The minimum absolute atomic E-state index is 0.469. The first-order valence-electron chi connectivity index (χ1n) is 11.6. The van der Waals surface area contributed by atoms with Crippen molar-refractivity contribution in [2.24, 2.45) is 17.6 Å². The lowest BCUT2D eigenvalue weighted by molar-refractivity contribution is 0.152. The predicted molar refractivity (Wildman–Crippen MR) is 126 cm³/mol. The highest BCUT2D eigenvalue weighted by molar-refractivity contribution is 5.26. The van der Waals surface area contributed by atoms with Crippen molar-refractivity contribution < 1.29 is 9.47 Å². The topological polar surface area (TPSA) is 47.7 Å². The first-order valence-corrected chi connectivity index (χ1v) is 11.6. The van der Waals surface area contributed by atoms with Crippen LogP contribution in [-0.2, 0) is 9.47 Å². The Hall–Kier alpha value is -1.70. The summed E-state index contributed by atoms with van der Waals surface area (Å²) < 4.78 is 11.3. The van der Waals surface area contributed by atoms with Gasteiger partial charge in [-0.15, -0.1) is 5.92 Å². The molecule has 0 bridgehead atoms. The molecule has 0 fully saturated rings. The summed E-state index contributed by atoms with van der Waals surface area (Å²) in [7, 11) is 3.52. The molecule has 3 unspecified atom stereocenters. The van der Waals surface area contributed by atoms with Gasteiger partial charge in [-0.1, -0.05) is 31.9 Å². The Labute approximate surface area is 184 Å². The average Bonchev–Trinajstić information content (AvgIpc) is 2.97. The quantitative estimate of drug-likeness (QED) is 0.447. The molecular weight excluding hydrogens is 372 g/mol. The molecule has 2 aliphatic rings. The fourth-order valence-corrected chi connectivity index (χ4v) is 4.37. The molecule has 0 aromatic carbocycles. The van der Waals surface area contributed by atoms with Crippen molar-refractivity contribution in [1.82, 2.24) is 4.90 Å². The second-order valence-corrected chi connectivity index (χ2v) is 8.92. The fourth-order valence-electron chi connectivity index (χ4n) is 4.37. The van der Waals surface area contributed by atoms with E-state index >= 15 is 0 Å². The number of hydrogen-bond donors (Lipinski definition) is 1. The van der Waals surface area contributed by atoms with Crippen LogP contribution < -0.4 is 5.73 Å². The lowest BCUT2D eigenvalue weighted by Crippen LogP contribution is -2.42. The van der Waals surface area contributed by atoms with Crippen LogP contribution in [0.4, 0.5) is 0 Å². The number of rotatable bonds is 8. The van der Waals surface area contributed by atoms with Crippen LogP contribution in [0.15, 0.2) is 35.3 Å². The third-order valence-electron chi connectivity index (χ3n) is 6.19. The van der Waals surface area contributed by atoms with Gasteiger partial charge in [0.25, 0.3) is 0 Å². The third-order valence-corrected chi connectivity index (χ3v) is 6.19. The highest BCUT2D eigenvalue weighted by Crippen LogP contribution is 2.28. The normalized spacial score (nSPS) is 25.3. The molecular formula is C26H42N2O2. The maximum atomic E-state index is 6.03. The largest absolute Gasteiger partial charge is 0.501 e. The Balaban J connectivity index is 2.27. The molecule has 168 valence electrons. The minimum Gasteiger partial charge on any atom is -0.501 e. The number of methoxy groups -OCH3 is 2. The maximum Gasteiger partial charge on any atom is 0.122 e. The Morgan fingerprint density at radius 1 is 1.20 bits per heavy atom. The summed E-state index contributed by atoms with van der Waals surface area (Å²) in [4.78, 5) is 2.67. The summed E-state index contributed by atoms with van der Waals surface area (Å²) in [5, 5.41) is 0. The Morgan fingerprint density at radius 2 is 2.03 bits per heavy atom.